The third-order valence-corrected chi connectivity index (χ3v) is 6.24. The summed E-state index contributed by atoms with van der Waals surface area (Å²) in [6.45, 7) is 4.32. The number of benzene rings is 1. The predicted octanol–water partition coefficient (Wildman–Crippen LogP) is 4.11. The third kappa shape index (κ3) is 6.02. The van der Waals surface area contributed by atoms with Crippen LogP contribution < -0.4 is 5.32 Å². The number of esters is 2. The minimum absolute atomic E-state index is 0.0984. The number of carbonyl (C=O) groups is 2. The van der Waals surface area contributed by atoms with Gasteiger partial charge in [-0.05, 0) is 50.3 Å². The average Bonchev–Trinajstić information content (AvgIpc) is 2.82. The molecule has 0 saturated heterocycles. The number of rotatable bonds is 8. The fraction of sp³-hybridized carbons (Fsp3) is 0.500. The molecule has 0 spiro atoms. The zero-order valence-corrected chi connectivity index (χ0v) is 19.6. The summed E-state index contributed by atoms with van der Waals surface area (Å²) in [5.74, 6) is -1.31. The Morgan fingerprint density at radius 3 is 2.33 bits per heavy atom. The van der Waals surface area contributed by atoms with E-state index < -0.39 is 17.9 Å². The zero-order valence-electron chi connectivity index (χ0n) is 19.6. The number of nitriles is 1. The van der Waals surface area contributed by atoms with Gasteiger partial charge in [0, 0.05) is 18.5 Å². The van der Waals surface area contributed by atoms with Gasteiger partial charge in [-0.2, -0.15) is 5.26 Å². The number of hydrogen-bond donors (Lipinski definition) is 1. The van der Waals surface area contributed by atoms with Crippen LogP contribution in [-0.4, -0.2) is 38.9 Å². The van der Waals surface area contributed by atoms with Crippen LogP contribution in [-0.2, 0) is 23.8 Å². The molecule has 1 aliphatic heterocycles. The third-order valence-electron chi connectivity index (χ3n) is 6.24. The highest BCUT2D eigenvalue weighted by atomic mass is 16.6. The van der Waals surface area contributed by atoms with Gasteiger partial charge in [0.25, 0.3) is 0 Å². The van der Waals surface area contributed by atoms with E-state index in [1.165, 1.54) is 13.5 Å². The lowest BCUT2D eigenvalue weighted by atomic mass is 9.80. The van der Waals surface area contributed by atoms with Crippen molar-refractivity contribution in [2.24, 2.45) is 5.92 Å². The molecule has 1 fully saturated rings. The topological polar surface area (TPSA) is 97.7 Å². The van der Waals surface area contributed by atoms with Crippen LogP contribution in [0.1, 0.15) is 63.0 Å². The second-order valence-corrected chi connectivity index (χ2v) is 8.60. The summed E-state index contributed by atoms with van der Waals surface area (Å²) in [6, 6.07) is 9.09. The van der Waals surface area contributed by atoms with Crippen molar-refractivity contribution in [3.05, 3.63) is 57.9 Å². The van der Waals surface area contributed by atoms with Crippen molar-refractivity contribution in [1.29, 1.82) is 5.26 Å². The number of methoxy groups -OCH3 is 1. The second-order valence-electron chi connectivity index (χ2n) is 8.60. The van der Waals surface area contributed by atoms with E-state index in [-0.39, 0.29) is 13.2 Å². The van der Waals surface area contributed by atoms with Crippen molar-refractivity contribution >= 4 is 11.9 Å². The Balaban J connectivity index is 1.94. The molecule has 1 N–H and O–H groups in total. The predicted molar refractivity (Wildman–Crippen MR) is 123 cm³/mol. The molecular weight excluding hydrogens is 420 g/mol. The van der Waals surface area contributed by atoms with Gasteiger partial charge in [-0.3, -0.25) is 0 Å². The number of carbonyl (C=O) groups excluding carboxylic acids is 2. The van der Waals surface area contributed by atoms with Gasteiger partial charge in [0.15, 0.2) is 0 Å². The van der Waals surface area contributed by atoms with Gasteiger partial charge in [-0.1, -0.05) is 31.4 Å². The van der Waals surface area contributed by atoms with Crippen LogP contribution in [0.25, 0.3) is 0 Å². The molecule has 1 aromatic carbocycles. The van der Waals surface area contributed by atoms with Gasteiger partial charge in [0.1, 0.15) is 6.61 Å². The summed E-state index contributed by atoms with van der Waals surface area (Å²) in [7, 11) is 1.53. The molecule has 1 aromatic rings. The molecule has 7 nitrogen and oxygen atoms in total. The van der Waals surface area contributed by atoms with Crippen LogP contribution in [0.4, 0.5) is 0 Å². The van der Waals surface area contributed by atoms with Gasteiger partial charge in [-0.15, -0.1) is 0 Å². The number of ether oxygens (including phenoxy) is 3. The molecule has 1 aliphatic carbocycles. The van der Waals surface area contributed by atoms with E-state index in [1.54, 1.807) is 32.0 Å². The van der Waals surface area contributed by atoms with Crippen molar-refractivity contribution in [3.8, 4) is 6.07 Å². The van der Waals surface area contributed by atoms with Crippen molar-refractivity contribution in [3.63, 3.8) is 0 Å². The molecule has 2 aliphatic rings. The maximum Gasteiger partial charge on any atom is 0.336 e. The Hall–Kier alpha value is -3.11. The Morgan fingerprint density at radius 1 is 1.03 bits per heavy atom. The highest BCUT2D eigenvalue weighted by Gasteiger charge is 2.38. The summed E-state index contributed by atoms with van der Waals surface area (Å²) >= 11 is 0. The number of nitrogens with one attached hydrogen (secondary N) is 1. The summed E-state index contributed by atoms with van der Waals surface area (Å²) in [5.41, 5.74) is 3.04. The number of hydrogen-bond acceptors (Lipinski definition) is 7. The molecule has 0 aromatic heterocycles. The molecule has 3 rings (SSSR count). The van der Waals surface area contributed by atoms with Gasteiger partial charge in [0.05, 0.1) is 41.9 Å². The Kier molecular flexibility index (Phi) is 8.67. The lowest BCUT2D eigenvalue weighted by molar-refractivity contribution is -0.141. The summed E-state index contributed by atoms with van der Waals surface area (Å²) in [4.78, 5) is 26.4. The lowest BCUT2D eigenvalue weighted by Gasteiger charge is -2.31. The van der Waals surface area contributed by atoms with Crippen molar-refractivity contribution in [1.82, 2.24) is 5.32 Å². The highest BCUT2D eigenvalue weighted by Crippen LogP contribution is 2.39. The van der Waals surface area contributed by atoms with Gasteiger partial charge in [-0.25, -0.2) is 9.59 Å². The largest absolute Gasteiger partial charge is 0.462 e. The smallest absolute Gasteiger partial charge is 0.336 e. The molecule has 0 amide bonds. The minimum atomic E-state index is -0.701. The summed E-state index contributed by atoms with van der Waals surface area (Å²) in [5, 5.41) is 12.6. The second kappa shape index (κ2) is 11.7. The van der Waals surface area contributed by atoms with Crippen LogP contribution in [0.5, 0.6) is 0 Å². The first kappa shape index (κ1) is 24.5. The molecule has 1 heterocycles. The van der Waals surface area contributed by atoms with Crippen molar-refractivity contribution in [2.45, 2.75) is 51.9 Å². The molecule has 0 radical (unpaired) electrons. The highest BCUT2D eigenvalue weighted by molar-refractivity contribution is 5.99. The van der Waals surface area contributed by atoms with Crippen LogP contribution in [0.15, 0.2) is 46.8 Å². The quantitative estimate of drug-likeness (QED) is 0.468. The monoisotopic (exact) mass is 452 g/mol. The number of allylic oxidation sites excluding steroid dienone is 2. The van der Waals surface area contributed by atoms with Gasteiger partial charge in [0.2, 0.25) is 0 Å². The first-order valence-corrected chi connectivity index (χ1v) is 11.5. The molecule has 33 heavy (non-hydrogen) atoms. The first-order valence-electron chi connectivity index (χ1n) is 11.5. The Morgan fingerprint density at radius 2 is 1.70 bits per heavy atom. The van der Waals surface area contributed by atoms with E-state index in [4.69, 9.17) is 14.2 Å². The van der Waals surface area contributed by atoms with E-state index in [2.05, 4.69) is 11.4 Å². The number of nitrogens with zero attached hydrogens (tertiary/aromatic N) is 1. The van der Waals surface area contributed by atoms with E-state index in [0.717, 1.165) is 25.7 Å². The normalized spacial score (nSPS) is 19.0. The lowest BCUT2D eigenvalue weighted by Crippen LogP contribution is -2.33. The standard InChI is InChI=1S/C26H32N2O5/c1-17-22(25(29)32-13-12-31-3)24(21-11-7-10-20(14-21)15-27)23(18(2)28-17)26(30)33-16-19-8-5-4-6-9-19/h7,10-11,14,19,24,28H,4-6,8-9,12-13,16H2,1-3H3. The maximum atomic E-state index is 13.3. The minimum Gasteiger partial charge on any atom is -0.462 e. The molecule has 1 saturated carbocycles. The van der Waals surface area contributed by atoms with Crippen molar-refractivity contribution < 1.29 is 23.8 Å². The molecule has 176 valence electrons. The first-order chi connectivity index (χ1) is 16.0. The fourth-order valence-corrected chi connectivity index (χ4v) is 4.58. The van der Waals surface area contributed by atoms with E-state index >= 15 is 0 Å². The summed E-state index contributed by atoms with van der Waals surface area (Å²) in [6.07, 6.45) is 5.68. The van der Waals surface area contributed by atoms with Gasteiger partial charge < -0.3 is 19.5 Å². The average molecular weight is 453 g/mol. The van der Waals surface area contributed by atoms with Crippen LogP contribution in [0.2, 0.25) is 0 Å². The van der Waals surface area contributed by atoms with Crippen LogP contribution in [0.3, 0.4) is 0 Å². The van der Waals surface area contributed by atoms with Crippen molar-refractivity contribution in [2.75, 3.05) is 26.9 Å². The molecule has 1 unspecified atom stereocenters. The Bertz CT molecular complexity index is 983. The molecule has 7 heteroatoms. The molecule has 0 bridgehead atoms. The maximum absolute atomic E-state index is 13.3. The van der Waals surface area contributed by atoms with Gasteiger partial charge >= 0.3 is 11.9 Å². The zero-order chi connectivity index (χ0) is 23.8. The van der Waals surface area contributed by atoms with Crippen LogP contribution >= 0.6 is 0 Å². The molecular formula is C26H32N2O5. The fourth-order valence-electron chi connectivity index (χ4n) is 4.58. The van der Waals surface area contributed by atoms with E-state index in [9.17, 15) is 14.9 Å². The summed E-state index contributed by atoms with van der Waals surface area (Å²) < 4.78 is 16.2. The van der Waals surface area contributed by atoms with E-state index in [1.807, 2.05) is 6.07 Å². The Labute approximate surface area is 195 Å². The van der Waals surface area contributed by atoms with Crippen LogP contribution in [0, 0.1) is 17.2 Å². The SMILES string of the molecule is COCCOC(=O)C1=C(C)NC(C)=C(C(=O)OCC2CCCCC2)C1c1cccc(C#N)c1. The molecule has 1 atom stereocenters. The van der Waals surface area contributed by atoms with E-state index in [0.29, 0.717) is 46.2 Å². The number of dihydropyridines is 1.